The van der Waals surface area contributed by atoms with Crippen molar-refractivity contribution in [2.75, 3.05) is 7.05 Å². The third-order valence-electron chi connectivity index (χ3n) is 3.29. The molecular weight excluding hydrogens is 293 g/mol. The molecule has 0 aliphatic heterocycles. The minimum atomic E-state index is -4.57. The minimum Gasteiger partial charge on any atom is -0.326 e. The van der Waals surface area contributed by atoms with E-state index in [1.165, 1.54) is 36.5 Å². The Bertz CT molecular complexity index is 639. The number of amides is 1. The molecule has 2 rings (SSSR count). The van der Waals surface area contributed by atoms with Gasteiger partial charge in [0.1, 0.15) is 0 Å². The molecule has 0 aliphatic carbocycles. The Morgan fingerprint density at radius 3 is 2.27 bits per heavy atom. The molecule has 0 aliphatic rings. The van der Waals surface area contributed by atoms with Crippen LogP contribution in [0.15, 0.2) is 48.7 Å². The van der Waals surface area contributed by atoms with Gasteiger partial charge in [-0.15, -0.1) is 0 Å². The highest BCUT2D eigenvalue weighted by Crippen LogP contribution is 2.37. The maximum atomic E-state index is 13.4. The minimum absolute atomic E-state index is 0.0194. The quantitative estimate of drug-likeness (QED) is 0.865. The molecule has 0 N–H and O–H groups in total. The first kappa shape index (κ1) is 16.0. The standard InChI is InChI=1S/C16H15F3N2O/c1-11-8-9-13(10-20-11)15(22)21(2)14(16(17,18)19)12-6-4-3-5-7-12/h3-10,14H,1-2H3/t14-/m0/s1. The van der Waals surface area contributed by atoms with Crippen LogP contribution in [-0.4, -0.2) is 29.0 Å². The van der Waals surface area contributed by atoms with Crippen molar-refractivity contribution in [1.29, 1.82) is 0 Å². The number of rotatable bonds is 3. The van der Waals surface area contributed by atoms with E-state index in [-0.39, 0.29) is 11.1 Å². The summed E-state index contributed by atoms with van der Waals surface area (Å²) in [6.07, 6.45) is -3.28. The summed E-state index contributed by atoms with van der Waals surface area (Å²) in [5.41, 5.74) is 0.832. The van der Waals surface area contributed by atoms with Crippen LogP contribution in [0.1, 0.15) is 27.7 Å². The van der Waals surface area contributed by atoms with Crippen molar-refractivity contribution >= 4 is 5.91 Å². The van der Waals surface area contributed by atoms with Gasteiger partial charge in [-0.05, 0) is 24.6 Å². The molecule has 0 saturated carbocycles. The van der Waals surface area contributed by atoms with E-state index in [1.54, 1.807) is 19.1 Å². The van der Waals surface area contributed by atoms with Gasteiger partial charge in [-0.25, -0.2) is 0 Å². The van der Waals surface area contributed by atoms with Gasteiger partial charge in [0.2, 0.25) is 0 Å². The Morgan fingerprint density at radius 1 is 1.14 bits per heavy atom. The highest BCUT2D eigenvalue weighted by atomic mass is 19.4. The Hall–Kier alpha value is -2.37. The third-order valence-corrected chi connectivity index (χ3v) is 3.29. The van der Waals surface area contributed by atoms with Gasteiger partial charge in [-0.2, -0.15) is 13.2 Å². The zero-order chi connectivity index (χ0) is 16.3. The Balaban J connectivity index is 2.36. The number of hydrogen-bond acceptors (Lipinski definition) is 2. The molecule has 6 heteroatoms. The lowest BCUT2D eigenvalue weighted by molar-refractivity contribution is -0.176. The summed E-state index contributed by atoms with van der Waals surface area (Å²) in [4.78, 5) is 16.9. The predicted molar refractivity (Wildman–Crippen MR) is 76.3 cm³/mol. The molecule has 0 spiro atoms. The topological polar surface area (TPSA) is 33.2 Å². The van der Waals surface area contributed by atoms with Gasteiger partial charge in [0, 0.05) is 18.9 Å². The van der Waals surface area contributed by atoms with Crippen molar-refractivity contribution in [3.63, 3.8) is 0 Å². The second kappa shape index (κ2) is 6.17. The van der Waals surface area contributed by atoms with Crippen molar-refractivity contribution in [2.45, 2.75) is 19.1 Å². The Kier molecular flexibility index (Phi) is 4.49. The van der Waals surface area contributed by atoms with E-state index in [1.807, 2.05) is 0 Å². The van der Waals surface area contributed by atoms with Crippen molar-refractivity contribution in [2.24, 2.45) is 0 Å². The van der Waals surface area contributed by atoms with E-state index in [2.05, 4.69) is 4.98 Å². The van der Waals surface area contributed by atoms with Crippen molar-refractivity contribution in [1.82, 2.24) is 9.88 Å². The molecule has 0 radical (unpaired) electrons. The summed E-state index contributed by atoms with van der Waals surface area (Å²) < 4.78 is 40.2. The van der Waals surface area contributed by atoms with Crippen LogP contribution in [0.2, 0.25) is 0 Å². The summed E-state index contributed by atoms with van der Waals surface area (Å²) in [5, 5.41) is 0. The SMILES string of the molecule is Cc1ccc(C(=O)N(C)[C@@H](c2ccccc2)C(F)(F)F)cn1. The molecule has 1 aromatic carbocycles. The predicted octanol–water partition coefficient (Wildman–Crippen LogP) is 3.77. The Labute approximate surface area is 126 Å². The fraction of sp³-hybridized carbons (Fsp3) is 0.250. The maximum Gasteiger partial charge on any atom is 0.413 e. The van der Waals surface area contributed by atoms with E-state index < -0.39 is 18.1 Å². The van der Waals surface area contributed by atoms with E-state index in [9.17, 15) is 18.0 Å². The fourth-order valence-corrected chi connectivity index (χ4v) is 2.18. The van der Waals surface area contributed by atoms with Crippen LogP contribution in [0, 0.1) is 6.92 Å². The van der Waals surface area contributed by atoms with E-state index >= 15 is 0 Å². The highest BCUT2D eigenvalue weighted by molar-refractivity contribution is 5.94. The van der Waals surface area contributed by atoms with Crippen molar-refractivity contribution < 1.29 is 18.0 Å². The lowest BCUT2D eigenvalue weighted by atomic mass is 10.0. The highest BCUT2D eigenvalue weighted by Gasteiger charge is 2.45. The van der Waals surface area contributed by atoms with Crippen molar-refractivity contribution in [3.8, 4) is 0 Å². The smallest absolute Gasteiger partial charge is 0.326 e. The second-order valence-electron chi connectivity index (χ2n) is 4.96. The zero-order valence-electron chi connectivity index (χ0n) is 12.1. The first-order chi connectivity index (χ1) is 10.3. The van der Waals surface area contributed by atoms with Crippen LogP contribution in [0.3, 0.4) is 0 Å². The number of alkyl halides is 3. The molecule has 116 valence electrons. The van der Waals surface area contributed by atoms with Gasteiger partial charge in [0.25, 0.3) is 5.91 Å². The molecular formula is C16H15F3N2O. The van der Waals surface area contributed by atoms with Gasteiger partial charge in [0.05, 0.1) is 5.56 Å². The number of benzene rings is 1. The molecule has 0 bridgehead atoms. The van der Waals surface area contributed by atoms with Crippen LogP contribution in [0.5, 0.6) is 0 Å². The molecule has 1 atom stereocenters. The number of halogens is 3. The first-order valence-electron chi connectivity index (χ1n) is 6.62. The fourth-order valence-electron chi connectivity index (χ4n) is 2.18. The number of carbonyl (C=O) groups is 1. The molecule has 22 heavy (non-hydrogen) atoms. The molecule has 1 amide bonds. The Morgan fingerprint density at radius 2 is 1.77 bits per heavy atom. The van der Waals surface area contributed by atoms with Crippen LogP contribution in [-0.2, 0) is 0 Å². The molecule has 2 aromatic rings. The summed E-state index contributed by atoms with van der Waals surface area (Å²) >= 11 is 0. The number of aromatic nitrogens is 1. The summed E-state index contributed by atoms with van der Waals surface area (Å²) in [6.45, 7) is 1.74. The average molecular weight is 308 g/mol. The lowest BCUT2D eigenvalue weighted by Crippen LogP contribution is -2.39. The molecule has 1 aromatic heterocycles. The molecule has 1 heterocycles. The monoisotopic (exact) mass is 308 g/mol. The first-order valence-corrected chi connectivity index (χ1v) is 6.62. The summed E-state index contributed by atoms with van der Waals surface area (Å²) in [6, 6.07) is 8.43. The summed E-state index contributed by atoms with van der Waals surface area (Å²) in [7, 11) is 1.15. The van der Waals surface area contributed by atoms with Gasteiger partial charge in [-0.3, -0.25) is 9.78 Å². The van der Waals surface area contributed by atoms with Crippen LogP contribution in [0.4, 0.5) is 13.2 Å². The number of aryl methyl sites for hydroxylation is 1. The van der Waals surface area contributed by atoms with E-state index in [0.717, 1.165) is 7.05 Å². The van der Waals surface area contributed by atoms with Crippen molar-refractivity contribution in [3.05, 3.63) is 65.5 Å². The van der Waals surface area contributed by atoms with Crippen LogP contribution >= 0.6 is 0 Å². The van der Waals surface area contributed by atoms with E-state index in [4.69, 9.17) is 0 Å². The molecule has 0 saturated heterocycles. The molecule has 3 nitrogen and oxygen atoms in total. The van der Waals surface area contributed by atoms with Gasteiger partial charge in [-0.1, -0.05) is 30.3 Å². The van der Waals surface area contributed by atoms with Gasteiger partial charge >= 0.3 is 6.18 Å². The third kappa shape index (κ3) is 3.44. The van der Waals surface area contributed by atoms with Gasteiger partial charge in [0.15, 0.2) is 6.04 Å². The van der Waals surface area contributed by atoms with Crippen LogP contribution in [0.25, 0.3) is 0 Å². The van der Waals surface area contributed by atoms with Crippen LogP contribution < -0.4 is 0 Å². The number of carbonyl (C=O) groups excluding carboxylic acids is 1. The molecule has 0 fully saturated rings. The normalized spacial score (nSPS) is 12.8. The lowest BCUT2D eigenvalue weighted by Gasteiger charge is -2.30. The maximum absolute atomic E-state index is 13.4. The van der Waals surface area contributed by atoms with E-state index in [0.29, 0.717) is 10.6 Å². The summed E-state index contributed by atoms with van der Waals surface area (Å²) in [5.74, 6) is -0.723. The zero-order valence-corrected chi connectivity index (χ0v) is 12.1. The van der Waals surface area contributed by atoms with Gasteiger partial charge < -0.3 is 4.90 Å². The average Bonchev–Trinajstić information content (AvgIpc) is 2.47. The number of pyridine rings is 1. The second-order valence-corrected chi connectivity index (χ2v) is 4.96. The number of hydrogen-bond donors (Lipinski definition) is 0. The number of nitrogens with zero attached hydrogens (tertiary/aromatic N) is 2. The largest absolute Gasteiger partial charge is 0.413 e. The molecule has 0 unspecified atom stereocenters.